The van der Waals surface area contributed by atoms with E-state index in [-0.39, 0.29) is 11.5 Å². The minimum atomic E-state index is -1.05. The number of carboxylic acid groups (broad SMARTS) is 1. The summed E-state index contributed by atoms with van der Waals surface area (Å²) in [7, 11) is 1.63. The minimum absolute atomic E-state index is 0.133. The monoisotopic (exact) mass is 373 g/mol. The van der Waals surface area contributed by atoms with Crippen molar-refractivity contribution in [3.8, 4) is 5.75 Å². The lowest BCUT2D eigenvalue weighted by molar-refractivity contribution is -0.139. The van der Waals surface area contributed by atoms with Crippen molar-refractivity contribution in [2.45, 2.75) is 33.2 Å². The first-order chi connectivity index (χ1) is 12.9. The topological polar surface area (TPSA) is 113 Å². The number of carboxylic acids is 1. The highest BCUT2D eigenvalue weighted by Crippen LogP contribution is 2.16. The van der Waals surface area contributed by atoms with Crippen LogP contribution >= 0.6 is 0 Å². The van der Waals surface area contributed by atoms with Gasteiger partial charge in [-0.25, -0.2) is 9.89 Å². The fraction of sp³-hybridized carbons (Fsp3) is 0.368. The number of nitrogens with zero attached hydrogens (tertiary/aromatic N) is 2. The smallest absolute Gasteiger partial charge is 0.341 e. The second-order valence-corrected chi connectivity index (χ2v) is 6.05. The van der Waals surface area contributed by atoms with Crippen LogP contribution in [0.5, 0.6) is 5.75 Å². The predicted octanol–water partition coefficient (Wildman–Crippen LogP) is 1.63. The predicted molar refractivity (Wildman–Crippen MR) is 99.0 cm³/mol. The summed E-state index contributed by atoms with van der Waals surface area (Å²) < 4.78 is 5.08. The van der Waals surface area contributed by atoms with Crippen molar-refractivity contribution in [1.29, 1.82) is 0 Å². The van der Waals surface area contributed by atoms with Crippen LogP contribution in [0.25, 0.3) is 0 Å². The van der Waals surface area contributed by atoms with E-state index in [1.54, 1.807) is 31.3 Å². The van der Waals surface area contributed by atoms with Crippen molar-refractivity contribution in [1.82, 2.24) is 15.1 Å². The van der Waals surface area contributed by atoms with Crippen molar-refractivity contribution >= 4 is 11.9 Å². The van der Waals surface area contributed by atoms with Gasteiger partial charge in [-0.3, -0.25) is 9.59 Å². The van der Waals surface area contributed by atoms with Gasteiger partial charge in [0.25, 0.3) is 11.5 Å². The van der Waals surface area contributed by atoms with E-state index < -0.39 is 18.1 Å². The van der Waals surface area contributed by atoms with E-state index in [1.165, 1.54) is 4.90 Å². The first kappa shape index (κ1) is 20.2. The summed E-state index contributed by atoms with van der Waals surface area (Å²) in [6.45, 7) is 3.69. The van der Waals surface area contributed by atoms with Gasteiger partial charge >= 0.3 is 5.97 Å². The third-order valence-corrected chi connectivity index (χ3v) is 4.12. The number of carbonyl (C=O) groups is 2. The summed E-state index contributed by atoms with van der Waals surface area (Å²) >= 11 is 0. The molecule has 0 aliphatic heterocycles. The van der Waals surface area contributed by atoms with E-state index in [2.05, 4.69) is 10.2 Å². The Hall–Kier alpha value is -3.16. The van der Waals surface area contributed by atoms with Crippen LogP contribution in [0.3, 0.4) is 0 Å². The molecular formula is C19H23N3O5. The SMILES string of the molecule is CCc1n[nH]c(=O)c(C(=O)N(C)Cc2ccc(OCC(=O)O)cc2)c1CC. The Balaban J connectivity index is 2.17. The molecule has 8 nitrogen and oxygen atoms in total. The second-order valence-electron chi connectivity index (χ2n) is 6.05. The first-order valence-corrected chi connectivity index (χ1v) is 8.66. The van der Waals surface area contributed by atoms with E-state index in [0.29, 0.717) is 36.4 Å². The molecule has 1 amide bonds. The van der Waals surface area contributed by atoms with Crippen LogP contribution in [0.2, 0.25) is 0 Å². The van der Waals surface area contributed by atoms with E-state index in [4.69, 9.17) is 9.84 Å². The van der Waals surface area contributed by atoms with Crippen LogP contribution in [0.15, 0.2) is 29.1 Å². The number of ether oxygens (including phenoxy) is 1. The van der Waals surface area contributed by atoms with Crippen LogP contribution in [0.4, 0.5) is 0 Å². The average Bonchev–Trinajstić information content (AvgIpc) is 2.66. The number of aromatic amines is 1. The molecule has 2 rings (SSSR count). The largest absolute Gasteiger partial charge is 0.482 e. The number of aryl methyl sites for hydroxylation is 1. The molecule has 0 aliphatic carbocycles. The maximum atomic E-state index is 12.9. The normalized spacial score (nSPS) is 10.5. The molecular weight excluding hydrogens is 350 g/mol. The highest BCUT2D eigenvalue weighted by molar-refractivity contribution is 5.95. The van der Waals surface area contributed by atoms with Gasteiger partial charge in [0.1, 0.15) is 11.3 Å². The first-order valence-electron chi connectivity index (χ1n) is 8.66. The Labute approximate surface area is 156 Å². The standard InChI is InChI=1S/C19H23N3O5/c1-4-14-15(5-2)20-21-18(25)17(14)19(26)22(3)10-12-6-8-13(9-7-12)27-11-16(23)24/h6-9H,4-5,10-11H2,1-3H3,(H,21,25)(H,23,24). The van der Waals surface area contributed by atoms with Gasteiger partial charge in [0, 0.05) is 13.6 Å². The number of aromatic nitrogens is 2. The molecule has 27 heavy (non-hydrogen) atoms. The molecule has 0 bridgehead atoms. The van der Waals surface area contributed by atoms with Crippen LogP contribution in [-0.4, -0.2) is 45.7 Å². The van der Waals surface area contributed by atoms with Gasteiger partial charge in [-0.05, 0) is 36.1 Å². The van der Waals surface area contributed by atoms with Crippen LogP contribution < -0.4 is 10.3 Å². The van der Waals surface area contributed by atoms with E-state index >= 15 is 0 Å². The number of nitrogens with one attached hydrogen (secondary N) is 1. The Morgan fingerprint density at radius 3 is 2.41 bits per heavy atom. The fourth-order valence-electron chi connectivity index (χ4n) is 2.80. The van der Waals surface area contributed by atoms with E-state index in [9.17, 15) is 14.4 Å². The molecule has 1 aromatic carbocycles. The zero-order valence-corrected chi connectivity index (χ0v) is 15.6. The van der Waals surface area contributed by atoms with Gasteiger partial charge in [0.15, 0.2) is 6.61 Å². The van der Waals surface area contributed by atoms with Crippen LogP contribution in [0.1, 0.15) is 41.0 Å². The number of rotatable bonds is 8. The number of benzene rings is 1. The van der Waals surface area contributed by atoms with E-state index in [0.717, 1.165) is 5.56 Å². The van der Waals surface area contributed by atoms with Gasteiger partial charge in [0.05, 0.1) is 5.69 Å². The molecule has 0 radical (unpaired) electrons. The molecule has 2 aromatic rings. The average molecular weight is 373 g/mol. The number of H-pyrrole nitrogens is 1. The maximum Gasteiger partial charge on any atom is 0.341 e. The molecule has 2 N–H and O–H groups in total. The zero-order chi connectivity index (χ0) is 20.0. The molecule has 0 atom stereocenters. The zero-order valence-electron chi connectivity index (χ0n) is 15.6. The molecule has 0 saturated carbocycles. The Morgan fingerprint density at radius 2 is 1.85 bits per heavy atom. The van der Waals surface area contributed by atoms with Crippen molar-refractivity contribution < 1.29 is 19.4 Å². The highest BCUT2D eigenvalue weighted by Gasteiger charge is 2.22. The number of hydrogen-bond donors (Lipinski definition) is 2. The summed E-state index contributed by atoms with van der Waals surface area (Å²) in [6.07, 6.45) is 1.17. The summed E-state index contributed by atoms with van der Waals surface area (Å²) in [5.74, 6) is -0.983. The lowest BCUT2D eigenvalue weighted by Gasteiger charge is -2.19. The third kappa shape index (κ3) is 4.93. The third-order valence-electron chi connectivity index (χ3n) is 4.12. The number of hydrogen-bond acceptors (Lipinski definition) is 5. The van der Waals surface area contributed by atoms with Crippen molar-refractivity contribution in [3.63, 3.8) is 0 Å². The molecule has 1 aromatic heterocycles. The van der Waals surface area contributed by atoms with Gasteiger partial charge in [-0.2, -0.15) is 5.10 Å². The number of aliphatic carboxylic acids is 1. The molecule has 144 valence electrons. The molecule has 0 unspecified atom stereocenters. The summed E-state index contributed by atoms with van der Waals surface area (Å²) in [5, 5.41) is 15.1. The molecule has 0 aliphatic rings. The van der Waals surface area contributed by atoms with Crippen molar-refractivity contribution in [2.24, 2.45) is 0 Å². The van der Waals surface area contributed by atoms with E-state index in [1.807, 2.05) is 13.8 Å². The molecule has 0 spiro atoms. The number of carbonyl (C=O) groups excluding carboxylic acids is 1. The van der Waals surface area contributed by atoms with Crippen LogP contribution in [0, 0.1) is 0 Å². The van der Waals surface area contributed by atoms with Gasteiger partial charge in [0.2, 0.25) is 0 Å². The lowest BCUT2D eigenvalue weighted by Crippen LogP contribution is -2.34. The maximum absolute atomic E-state index is 12.9. The van der Waals surface area contributed by atoms with Gasteiger partial charge in [-0.15, -0.1) is 0 Å². The summed E-state index contributed by atoms with van der Waals surface area (Å²) in [5.41, 5.74) is 1.86. The molecule has 8 heteroatoms. The minimum Gasteiger partial charge on any atom is -0.482 e. The Kier molecular flexibility index (Phi) is 6.70. The molecule has 0 fully saturated rings. The quantitative estimate of drug-likeness (QED) is 0.727. The molecule has 0 saturated heterocycles. The Bertz CT molecular complexity index is 874. The van der Waals surface area contributed by atoms with Crippen molar-refractivity contribution in [2.75, 3.05) is 13.7 Å². The van der Waals surface area contributed by atoms with Crippen molar-refractivity contribution in [3.05, 3.63) is 57.0 Å². The fourth-order valence-corrected chi connectivity index (χ4v) is 2.80. The van der Waals surface area contributed by atoms with Crippen LogP contribution in [-0.2, 0) is 24.2 Å². The lowest BCUT2D eigenvalue weighted by atomic mass is 10.0. The van der Waals surface area contributed by atoms with Gasteiger partial charge < -0.3 is 14.7 Å². The molecule has 1 heterocycles. The summed E-state index contributed by atoms with van der Waals surface area (Å²) in [6, 6.07) is 6.77. The second kappa shape index (κ2) is 8.98. The highest BCUT2D eigenvalue weighted by atomic mass is 16.5. The Morgan fingerprint density at radius 1 is 1.19 bits per heavy atom. The summed E-state index contributed by atoms with van der Waals surface area (Å²) in [4.78, 5) is 37.0. The number of amides is 1. The van der Waals surface area contributed by atoms with Gasteiger partial charge in [-0.1, -0.05) is 26.0 Å².